The van der Waals surface area contributed by atoms with Gasteiger partial charge in [-0.25, -0.2) is 9.79 Å². The first kappa shape index (κ1) is 24.5. The number of aromatic nitrogens is 1. The summed E-state index contributed by atoms with van der Waals surface area (Å²) in [7, 11) is 3.08. The van der Waals surface area contributed by atoms with Crippen LogP contribution >= 0.6 is 43.2 Å². The SMILES string of the molecule is CCOC(=O)C1=C(C)N=c2s/c(=C/c3cc(Br)c(Br)o3)c(=O)n2[C@@H]1c1cc(OC)ccc1OC. The monoisotopic (exact) mass is 610 g/mol. The van der Waals surface area contributed by atoms with Crippen LogP contribution in [-0.2, 0) is 9.53 Å². The molecule has 4 rings (SSSR count). The fourth-order valence-corrected chi connectivity index (χ4v) is 5.34. The van der Waals surface area contributed by atoms with Gasteiger partial charge in [0.25, 0.3) is 5.56 Å². The van der Waals surface area contributed by atoms with E-state index in [0.29, 0.717) is 42.5 Å². The summed E-state index contributed by atoms with van der Waals surface area (Å²) in [6.07, 6.45) is 1.64. The first-order chi connectivity index (χ1) is 16.3. The van der Waals surface area contributed by atoms with E-state index in [-0.39, 0.29) is 17.7 Å². The molecule has 3 aromatic rings. The van der Waals surface area contributed by atoms with E-state index in [1.807, 2.05) is 0 Å². The maximum atomic E-state index is 13.7. The highest BCUT2D eigenvalue weighted by atomic mass is 79.9. The highest BCUT2D eigenvalue weighted by Gasteiger charge is 2.35. The van der Waals surface area contributed by atoms with Gasteiger partial charge in [0.05, 0.1) is 41.1 Å². The molecule has 0 saturated carbocycles. The zero-order chi connectivity index (χ0) is 24.6. The van der Waals surface area contributed by atoms with Gasteiger partial charge in [-0.2, -0.15) is 0 Å². The second kappa shape index (κ2) is 9.93. The average Bonchev–Trinajstić information content (AvgIpc) is 3.29. The van der Waals surface area contributed by atoms with E-state index in [9.17, 15) is 9.59 Å². The molecular weight excluding hydrogens is 592 g/mol. The molecule has 0 radical (unpaired) electrons. The largest absolute Gasteiger partial charge is 0.497 e. The standard InChI is InChI=1S/C23H20Br2N2O6S/c1-5-32-22(29)18-11(2)26-23-27(19(18)14-8-12(30-3)6-7-16(14)31-4)21(28)17(34-23)10-13-9-15(24)20(25)33-13/h6-10,19H,5H2,1-4H3/b17-10+/t19-/m1/s1. The molecule has 0 saturated heterocycles. The zero-order valence-electron chi connectivity index (χ0n) is 18.7. The number of thiazole rings is 1. The van der Waals surface area contributed by atoms with Gasteiger partial charge in [0.15, 0.2) is 9.47 Å². The third-order valence-electron chi connectivity index (χ3n) is 5.19. The van der Waals surface area contributed by atoms with Crippen molar-refractivity contribution in [1.82, 2.24) is 4.57 Å². The molecule has 1 aliphatic rings. The Hall–Kier alpha value is -2.63. The number of benzene rings is 1. The van der Waals surface area contributed by atoms with Gasteiger partial charge >= 0.3 is 5.97 Å². The topological polar surface area (TPSA) is 92.3 Å². The van der Waals surface area contributed by atoms with Gasteiger partial charge < -0.3 is 18.6 Å². The summed E-state index contributed by atoms with van der Waals surface area (Å²) in [6.45, 7) is 3.64. The Morgan fingerprint density at radius 3 is 2.65 bits per heavy atom. The number of allylic oxidation sites excluding steroid dienone is 1. The number of rotatable bonds is 6. The molecule has 0 bridgehead atoms. The van der Waals surface area contributed by atoms with E-state index in [1.165, 1.54) is 23.0 Å². The number of nitrogens with zero attached hydrogens (tertiary/aromatic N) is 2. The van der Waals surface area contributed by atoms with Crippen LogP contribution in [0.5, 0.6) is 11.5 Å². The summed E-state index contributed by atoms with van der Waals surface area (Å²) < 4.78 is 25.1. The first-order valence-corrected chi connectivity index (χ1v) is 12.6. The summed E-state index contributed by atoms with van der Waals surface area (Å²) in [5.74, 6) is 0.990. The van der Waals surface area contributed by atoms with Gasteiger partial charge in [0, 0.05) is 11.6 Å². The molecule has 0 fully saturated rings. The molecule has 34 heavy (non-hydrogen) atoms. The third-order valence-corrected chi connectivity index (χ3v) is 7.88. The Kier molecular flexibility index (Phi) is 7.15. The molecule has 178 valence electrons. The van der Waals surface area contributed by atoms with Crippen molar-refractivity contribution in [3.8, 4) is 11.5 Å². The first-order valence-electron chi connectivity index (χ1n) is 10.2. The lowest BCUT2D eigenvalue weighted by Crippen LogP contribution is -2.40. The second-order valence-electron chi connectivity index (χ2n) is 7.18. The zero-order valence-corrected chi connectivity index (χ0v) is 22.7. The number of ether oxygens (including phenoxy) is 3. The number of carbonyl (C=O) groups is 1. The van der Waals surface area contributed by atoms with Crippen LogP contribution in [0.15, 0.2) is 58.9 Å². The summed E-state index contributed by atoms with van der Waals surface area (Å²) in [4.78, 5) is 31.7. The third kappa shape index (κ3) is 4.39. The Morgan fingerprint density at radius 1 is 1.26 bits per heavy atom. The minimum absolute atomic E-state index is 0.185. The Morgan fingerprint density at radius 2 is 2.03 bits per heavy atom. The predicted octanol–water partition coefficient (Wildman–Crippen LogP) is 3.93. The minimum atomic E-state index is -0.822. The van der Waals surface area contributed by atoms with Crippen molar-refractivity contribution in [3.63, 3.8) is 0 Å². The van der Waals surface area contributed by atoms with Crippen molar-refractivity contribution in [2.75, 3.05) is 20.8 Å². The maximum Gasteiger partial charge on any atom is 0.338 e. The normalized spacial score (nSPS) is 15.7. The molecule has 0 unspecified atom stereocenters. The van der Waals surface area contributed by atoms with Crippen molar-refractivity contribution >= 4 is 55.2 Å². The van der Waals surface area contributed by atoms with Crippen molar-refractivity contribution < 1.29 is 23.4 Å². The summed E-state index contributed by atoms with van der Waals surface area (Å²) >= 11 is 7.89. The number of fused-ring (bicyclic) bond motifs is 1. The highest BCUT2D eigenvalue weighted by molar-refractivity contribution is 9.13. The molecule has 0 amide bonds. The van der Waals surface area contributed by atoms with Crippen molar-refractivity contribution in [1.29, 1.82) is 0 Å². The average molecular weight is 612 g/mol. The van der Waals surface area contributed by atoms with E-state index >= 15 is 0 Å². The molecule has 1 aromatic carbocycles. The summed E-state index contributed by atoms with van der Waals surface area (Å²) in [5, 5.41) is 0. The summed E-state index contributed by atoms with van der Waals surface area (Å²) in [5.41, 5.74) is 0.979. The molecule has 0 N–H and O–H groups in total. The van der Waals surface area contributed by atoms with Gasteiger partial charge in [-0.1, -0.05) is 11.3 Å². The number of carbonyl (C=O) groups excluding carboxylic acids is 1. The highest BCUT2D eigenvalue weighted by Crippen LogP contribution is 2.37. The Bertz CT molecular complexity index is 1460. The smallest absolute Gasteiger partial charge is 0.338 e. The molecule has 8 nitrogen and oxygen atoms in total. The van der Waals surface area contributed by atoms with E-state index < -0.39 is 12.0 Å². The van der Waals surface area contributed by atoms with Crippen LogP contribution in [-0.4, -0.2) is 31.4 Å². The van der Waals surface area contributed by atoms with Crippen LogP contribution in [0.4, 0.5) is 0 Å². The lowest BCUT2D eigenvalue weighted by molar-refractivity contribution is -0.139. The number of esters is 1. The molecule has 1 aliphatic heterocycles. The van der Waals surface area contributed by atoms with Crippen molar-refractivity contribution in [2.24, 2.45) is 4.99 Å². The van der Waals surface area contributed by atoms with Crippen LogP contribution in [0, 0.1) is 0 Å². The molecule has 0 spiro atoms. The molecule has 3 heterocycles. The van der Waals surface area contributed by atoms with Crippen molar-refractivity contribution in [2.45, 2.75) is 19.9 Å². The predicted molar refractivity (Wildman–Crippen MR) is 134 cm³/mol. The van der Waals surface area contributed by atoms with E-state index in [4.69, 9.17) is 18.6 Å². The van der Waals surface area contributed by atoms with Crippen LogP contribution in [0.25, 0.3) is 6.08 Å². The van der Waals surface area contributed by atoms with E-state index in [0.717, 1.165) is 4.47 Å². The van der Waals surface area contributed by atoms with Crippen LogP contribution in [0.3, 0.4) is 0 Å². The molecular formula is C23H20Br2N2O6S. The quantitative estimate of drug-likeness (QED) is 0.392. The van der Waals surface area contributed by atoms with Gasteiger partial charge in [0.2, 0.25) is 0 Å². The fourth-order valence-electron chi connectivity index (χ4n) is 3.70. The van der Waals surface area contributed by atoms with Gasteiger partial charge in [-0.05, 0) is 70.0 Å². The fraction of sp³-hybridized carbons (Fsp3) is 0.261. The molecule has 0 aliphatic carbocycles. The number of hydrogen-bond acceptors (Lipinski definition) is 8. The Balaban J connectivity index is 2.02. The lowest BCUT2D eigenvalue weighted by Gasteiger charge is -2.26. The maximum absolute atomic E-state index is 13.7. The minimum Gasteiger partial charge on any atom is -0.497 e. The van der Waals surface area contributed by atoms with Crippen LogP contribution < -0.4 is 24.4 Å². The van der Waals surface area contributed by atoms with Crippen LogP contribution in [0.1, 0.15) is 31.2 Å². The van der Waals surface area contributed by atoms with Gasteiger partial charge in [0.1, 0.15) is 23.3 Å². The van der Waals surface area contributed by atoms with Crippen molar-refractivity contribution in [3.05, 3.63) is 75.7 Å². The summed E-state index contributed by atoms with van der Waals surface area (Å²) in [6, 6.07) is 6.16. The molecule has 2 aromatic heterocycles. The number of hydrogen-bond donors (Lipinski definition) is 0. The molecule has 1 atom stereocenters. The number of methoxy groups -OCH3 is 2. The van der Waals surface area contributed by atoms with E-state index in [1.54, 1.807) is 51.3 Å². The number of halogens is 2. The second-order valence-corrected chi connectivity index (χ2v) is 9.76. The lowest BCUT2D eigenvalue weighted by atomic mass is 9.95. The van der Waals surface area contributed by atoms with Gasteiger partial charge in [-0.3, -0.25) is 9.36 Å². The van der Waals surface area contributed by atoms with E-state index in [2.05, 4.69) is 36.9 Å². The Labute approximate surface area is 215 Å². The van der Waals surface area contributed by atoms with Crippen LogP contribution in [0.2, 0.25) is 0 Å². The number of furan rings is 1. The molecule has 11 heteroatoms. The van der Waals surface area contributed by atoms with Gasteiger partial charge in [-0.15, -0.1) is 0 Å².